The predicted molar refractivity (Wildman–Crippen MR) is 245 cm³/mol. The number of nitrogens with zero attached hydrogens (tertiary/aromatic N) is 4. The largest absolute Gasteiger partial charge is 0.417 e. The van der Waals surface area contributed by atoms with Crippen molar-refractivity contribution in [3.8, 4) is 0 Å². The van der Waals surface area contributed by atoms with Crippen LogP contribution in [0.1, 0.15) is 40.6 Å². The minimum Gasteiger partial charge on any atom is -0.371 e. The molecule has 3 aliphatic rings. The van der Waals surface area contributed by atoms with Crippen LogP contribution in [0.2, 0.25) is 0 Å². The fourth-order valence-electron chi connectivity index (χ4n) is 6.57. The number of benzene rings is 3. The van der Waals surface area contributed by atoms with E-state index < -0.39 is 11.7 Å². The number of rotatable bonds is 9. The molecule has 9 rings (SSSR count). The Morgan fingerprint density at radius 2 is 0.873 bits per heavy atom. The van der Waals surface area contributed by atoms with Crippen molar-refractivity contribution >= 4 is 66.5 Å². The number of hydrogen-bond donors (Lipinski definition) is 6. The SMILES string of the molecule is Brc1ccc(Nc2ccc([C@H]3CNCCO3)cc2)nc1.Brc1cnc(Nc2ccc(C3CNCCO3)cc2)nc1.FC(F)(F)c1ccc(Nc2ccc([C@H]3CNCCO3)cc2)nc1. The van der Waals surface area contributed by atoms with Gasteiger partial charge in [0.1, 0.15) is 11.6 Å². The first-order valence-corrected chi connectivity index (χ1v) is 21.9. The number of pyridine rings is 2. The third-order valence-electron chi connectivity index (χ3n) is 9.87. The van der Waals surface area contributed by atoms with Gasteiger partial charge in [-0.15, -0.1) is 0 Å². The number of alkyl halides is 3. The number of nitrogens with one attached hydrogen (secondary N) is 6. The lowest BCUT2D eigenvalue weighted by Gasteiger charge is -2.24. The summed E-state index contributed by atoms with van der Waals surface area (Å²) < 4.78 is 56.4. The summed E-state index contributed by atoms with van der Waals surface area (Å²) in [6, 6.07) is 30.3. The lowest BCUT2D eigenvalue weighted by Crippen LogP contribution is -2.33. The highest BCUT2D eigenvalue weighted by Crippen LogP contribution is 2.30. The van der Waals surface area contributed by atoms with Crippen LogP contribution in [-0.4, -0.2) is 79.0 Å². The summed E-state index contributed by atoms with van der Waals surface area (Å²) in [5.74, 6) is 1.77. The monoisotopic (exact) mass is 990 g/mol. The van der Waals surface area contributed by atoms with Crippen LogP contribution in [0.25, 0.3) is 0 Å². The number of morpholine rings is 3. The smallest absolute Gasteiger partial charge is 0.371 e. The van der Waals surface area contributed by atoms with Crippen LogP contribution in [0.5, 0.6) is 0 Å². The zero-order valence-electron chi connectivity index (χ0n) is 34.0. The first-order chi connectivity index (χ1) is 30.6. The summed E-state index contributed by atoms with van der Waals surface area (Å²) in [5.41, 5.74) is 5.41. The van der Waals surface area contributed by atoms with Gasteiger partial charge in [0.15, 0.2) is 0 Å². The highest BCUT2D eigenvalue weighted by molar-refractivity contribution is 9.10. The number of halogens is 5. The number of aromatic nitrogens is 4. The molecule has 3 fully saturated rings. The molecule has 3 aliphatic heterocycles. The number of anilines is 6. The van der Waals surface area contributed by atoms with E-state index in [2.05, 4.69) is 120 Å². The number of ether oxygens (including phenoxy) is 3. The van der Waals surface area contributed by atoms with E-state index in [4.69, 9.17) is 14.2 Å². The minimum absolute atomic E-state index is 0.0296. The molecule has 6 heterocycles. The quantitative estimate of drug-likeness (QED) is 0.0818. The van der Waals surface area contributed by atoms with E-state index in [9.17, 15) is 13.2 Å². The van der Waals surface area contributed by atoms with E-state index in [1.165, 1.54) is 17.2 Å². The van der Waals surface area contributed by atoms with Gasteiger partial charge in [-0.1, -0.05) is 36.4 Å². The molecule has 13 nitrogen and oxygen atoms in total. The van der Waals surface area contributed by atoms with Crippen LogP contribution >= 0.6 is 31.9 Å². The molecule has 3 aromatic carbocycles. The van der Waals surface area contributed by atoms with E-state index in [0.29, 0.717) is 18.4 Å². The Kier molecular flexibility index (Phi) is 16.8. The first kappa shape index (κ1) is 46.0. The van der Waals surface area contributed by atoms with Crippen molar-refractivity contribution < 1.29 is 27.4 Å². The van der Waals surface area contributed by atoms with E-state index in [-0.39, 0.29) is 18.3 Å². The molecule has 0 radical (unpaired) electrons. The van der Waals surface area contributed by atoms with Gasteiger partial charge in [-0.05, 0) is 109 Å². The molecule has 63 heavy (non-hydrogen) atoms. The zero-order chi connectivity index (χ0) is 43.9. The normalized spacial score (nSPS) is 18.7. The molecule has 3 aromatic heterocycles. The lowest BCUT2D eigenvalue weighted by molar-refractivity contribution is -0.137. The molecule has 6 N–H and O–H groups in total. The van der Waals surface area contributed by atoms with Crippen LogP contribution in [0, 0.1) is 0 Å². The molecule has 0 spiro atoms. The molecule has 0 aliphatic carbocycles. The molecule has 0 amide bonds. The summed E-state index contributed by atoms with van der Waals surface area (Å²) >= 11 is 6.69. The van der Waals surface area contributed by atoms with Crippen molar-refractivity contribution in [3.05, 3.63) is 153 Å². The van der Waals surface area contributed by atoms with Crippen LogP contribution in [0.3, 0.4) is 0 Å². The predicted octanol–water partition coefficient (Wildman–Crippen LogP) is 9.40. The second-order valence-corrected chi connectivity index (χ2v) is 16.3. The van der Waals surface area contributed by atoms with E-state index in [1.807, 2.05) is 48.5 Å². The summed E-state index contributed by atoms with van der Waals surface area (Å²) in [4.78, 5) is 16.4. The van der Waals surface area contributed by atoms with Gasteiger partial charge in [0.2, 0.25) is 5.95 Å². The Hall–Kier alpha value is -5.05. The van der Waals surface area contributed by atoms with E-state index >= 15 is 0 Å². The third kappa shape index (κ3) is 14.5. The highest BCUT2D eigenvalue weighted by atomic mass is 79.9. The van der Waals surface area contributed by atoms with E-state index in [1.54, 1.807) is 18.6 Å². The fourth-order valence-corrected chi connectivity index (χ4v) is 7.01. The van der Waals surface area contributed by atoms with Crippen molar-refractivity contribution in [1.29, 1.82) is 0 Å². The summed E-state index contributed by atoms with van der Waals surface area (Å²) in [5, 5.41) is 19.3. The Labute approximate surface area is 380 Å². The molecule has 0 saturated carbocycles. The maximum Gasteiger partial charge on any atom is 0.417 e. The van der Waals surface area contributed by atoms with Crippen LogP contribution in [0.15, 0.2) is 131 Å². The summed E-state index contributed by atoms with van der Waals surface area (Å²) in [6.07, 6.45) is 1.97. The third-order valence-corrected chi connectivity index (χ3v) is 10.7. The van der Waals surface area contributed by atoms with Crippen molar-refractivity contribution in [1.82, 2.24) is 35.9 Å². The Morgan fingerprint density at radius 1 is 0.476 bits per heavy atom. The van der Waals surface area contributed by atoms with Crippen LogP contribution in [0.4, 0.5) is 47.8 Å². The molecule has 0 bridgehead atoms. The van der Waals surface area contributed by atoms with Gasteiger partial charge in [-0.25, -0.2) is 19.9 Å². The van der Waals surface area contributed by atoms with Crippen LogP contribution < -0.4 is 31.9 Å². The Balaban J connectivity index is 0.000000142. The topological polar surface area (TPSA) is 151 Å². The molecule has 6 aromatic rings. The molecule has 1 unspecified atom stereocenters. The van der Waals surface area contributed by atoms with Gasteiger partial charge in [-0.3, -0.25) is 0 Å². The average molecular weight is 993 g/mol. The Bertz CT molecular complexity index is 2160. The van der Waals surface area contributed by atoms with Gasteiger partial charge in [0.25, 0.3) is 0 Å². The standard InChI is InChI=1S/C16H16F3N3O.C15H16BrN3O.C14H15BrN4O/c17-16(18,19)12-3-6-15(21-9-12)22-13-4-1-11(2-5-13)14-10-20-7-8-23-14;16-12-3-6-15(18-9-12)19-13-4-1-11(2-5-13)14-10-17-7-8-20-14;15-11-7-17-14(18-8-11)19-12-3-1-10(2-4-12)13-9-16-5-6-20-13/h1-6,9,14,20H,7-8,10H2,(H,21,22);1-6,9,14,17H,7-8,10H2,(H,18,19);1-4,7-8,13,16H,5-6,9H2,(H,17,18,19)/t2*14-;/m11./s1. The van der Waals surface area contributed by atoms with E-state index in [0.717, 1.165) is 102 Å². The fraction of sp³-hybridized carbons (Fsp3) is 0.289. The maximum absolute atomic E-state index is 12.5. The minimum atomic E-state index is -4.37. The van der Waals surface area contributed by atoms with Crippen LogP contribution in [-0.2, 0) is 20.4 Å². The lowest BCUT2D eigenvalue weighted by atomic mass is 10.1. The second-order valence-electron chi connectivity index (χ2n) is 14.4. The van der Waals surface area contributed by atoms with Gasteiger partial charge in [0, 0.05) is 85.6 Å². The molecule has 3 saturated heterocycles. The molecular formula is C45H47Br2F3N10O3. The van der Waals surface area contributed by atoms with Gasteiger partial charge < -0.3 is 46.1 Å². The van der Waals surface area contributed by atoms with Gasteiger partial charge in [0.05, 0.1) is 48.2 Å². The Morgan fingerprint density at radius 3 is 1.22 bits per heavy atom. The highest BCUT2D eigenvalue weighted by Gasteiger charge is 2.30. The van der Waals surface area contributed by atoms with Gasteiger partial charge >= 0.3 is 6.18 Å². The first-order valence-electron chi connectivity index (χ1n) is 20.3. The van der Waals surface area contributed by atoms with Crippen molar-refractivity contribution in [3.63, 3.8) is 0 Å². The number of hydrogen-bond acceptors (Lipinski definition) is 13. The average Bonchev–Trinajstić information content (AvgIpc) is 3.32. The molecule has 18 heteroatoms. The van der Waals surface area contributed by atoms with Crippen molar-refractivity contribution in [2.45, 2.75) is 24.5 Å². The van der Waals surface area contributed by atoms with Crippen molar-refractivity contribution in [2.75, 3.05) is 75.0 Å². The summed E-state index contributed by atoms with van der Waals surface area (Å²) in [7, 11) is 0. The maximum atomic E-state index is 12.5. The zero-order valence-corrected chi connectivity index (χ0v) is 37.2. The molecule has 3 atom stereocenters. The summed E-state index contributed by atoms with van der Waals surface area (Å²) in [6.45, 7) is 7.44. The van der Waals surface area contributed by atoms with Crippen molar-refractivity contribution in [2.24, 2.45) is 0 Å². The van der Waals surface area contributed by atoms with Gasteiger partial charge in [-0.2, -0.15) is 13.2 Å². The second kappa shape index (κ2) is 23.0. The molecule has 330 valence electrons. The molecular weight excluding hydrogens is 945 g/mol.